The quantitative estimate of drug-likeness (QED) is 0.414. The topological polar surface area (TPSA) is 94.5 Å². The van der Waals surface area contributed by atoms with Gasteiger partial charge in [0, 0.05) is 25.6 Å². The van der Waals surface area contributed by atoms with Crippen LogP contribution in [0.15, 0.2) is 24.3 Å². The van der Waals surface area contributed by atoms with Gasteiger partial charge in [-0.05, 0) is 48.8 Å². The second-order valence-corrected chi connectivity index (χ2v) is 10.9. The maximum atomic E-state index is 13.4. The van der Waals surface area contributed by atoms with E-state index < -0.39 is 0 Å². The summed E-state index contributed by atoms with van der Waals surface area (Å²) < 4.78 is 13.1. The van der Waals surface area contributed by atoms with E-state index >= 15 is 0 Å². The zero-order chi connectivity index (χ0) is 26.9. The van der Waals surface area contributed by atoms with Crippen molar-refractivity contribution in [2.75, 3.05) is 20.8 Å². The van der Waals surface area contributed by atoms with Gasteiger partial charge < -0.3 is 20.1 Å². The van der Waals surface area contributed by atoms with E-state index in [0.717, 1.165) is 17.8 Å². The molecule has 1 fully saturated rings. The van der Waals surface area contributed by atoms with E-state index in [4.69, 9.17) is 9.47 Å². The van der Waals surface area contributed by atoms with Crippen LogP contribution in [0.25, 0.3) is 11.3 Å². The molecule has 37 heavy (non-hydrogen) atoms. The summed E-state index contributed by atoms with van der Waals surface area (Å²) in [7, 11) is 3.23. The fourth-order valence-electron chi connectivity index (χ4n) is 4.93. The van der Waals surface area contributed by atoms with Gasteiger partial charge in [-0.3, -0.25) is 14.3 Å². The monoisotopic (exact) mass is 512 g/mol. The summed E-state index contributed by atoms with van der Waals surface area (Å²) in [5.74, 6) is 1.95. The summed E-state index contributed by atoms with van der Waals surface area (Å²) in [6, 6.07) is 7.08. The van der Waals surface area contributed by atoms with Crippen molar-refractivity contribution in [1.29, 1.82) is 0 Å². The van der Waals surface area contributed by atoms with Gasteiger partial charge in [0.25, 0.3) is 5.91 Å². The Balaban J connectivity index is 1.78. The highest BCUT2D eigenvalue weighted by molar-refractivity contribution is 5.94. The summed E-state index contributed by atoms with van der Waals surface area (Å²) in [4.78, 5) is 26.1. The first kappa shape index (κ1) is 28.5. The van der Waals surface area contributed by atoms with E-state index in [2.05, 4.69) is 29.6 Å². The van der Waals surface area contributed by atoms with E-state index in [1.165, 1.54) is 32.1 Å². The molecule has 2 amide bonds. The van der Waals surface area contributed by atoms with Crippen LogP contribution in [0.1, 0.15) is 76.7 Å². The van der Waals surface area contributed by atoms with Crippen LogP contribution in [0.4, 0.5) is 0 Å². The molecule has 2 N–H and O–H groups in total. The number of aromatic nitrogens is 2. The largest absolute Gasteiger partial charge is 0.496 e. The molecule has 1 aromatic heterocycles. The molecule has 3 rings (SSSR count). The van der Waals surface area contributed by atoms with Crippen LogP contribution in [-0.4, -0.2) is 48.4 Å². The Bertz CT molecular complexity index is 1020. The summed E-state index contributed by atoms with van der Waals surface area (Å²) in [6.45, 7) is 9.59. The Hall–Kier alpha value is -3.03. The lowest BCUT2D eigenvalue weighted by Gasteiger charge is -2.24. The maximum Gasteiger partial charge on any atom is 0.272 e. The van der Waals surface area contributed by atoms with Crippen LogP contribution >= 0.6 is 0 Å². The van der Waals surface area contributed by atoms with Crippen molar-refractivity contribution in [2.24, 2.45) is 17.8 Å². The summed E-state index contributed by atoms with van der Waals surface area (Å²) >= 11 is 0. The number of nitrogens with one attached hydrogen (secondary N) is 2. The Kier molecular flexibility index (Phi) is 10.4. The predicted molar refractivity (Wildman–Crippen MR) is 146 cm³/mol. The molecule has 1 heterocycles. The van der Waals surface area contributed by atoms with Crippen LogP contribution < -0.4 is 20.1 Å². The van der Waals surface area contributed by atoms with Crippen molar-refractivity contribution >= 4 is 11.8 Å². The number of hydrogen-bond acceptors (Lipinski definition) is 5. The SMILES string of the molecule is COc1cccc(OC)c1-c1cc(C(=O)NC(CC(=O)NCC2CCCCC2)C(C)C)nn1CC(C)C. The second-order valence-electron chi connectivity index (χ2n) is 10.9. The number of amides is 2. The van der Waals surface area contributed by atoms with E-state index in [9.17, 15) is 9.59 Å². The second kappa shape index (κ2) is 13.5. The van der Waals surface area contributed by atoms with Gasteiger partial charge in [0.15, 0.2) is 5.69 Å². The minimum Gasteiger partial charge on any atom is -0.496 e. The van der Waals surface area contributed by atoms with Gasteiger partial charge in [-0.25, -0.2) is 0 Å². The third kappa shape index (κ3) is 7.73. The van der Waals surface area contributed by atoms with Crippen LogP contribution in [0.2, 0.25) is 0 Å². The summed E-state index contributed by atoms with van der Waals surface area (Å²) in [6.07, 6.45) is 6.40. The number of carbonyl (C=O) groups is 2. The van der Waals surface area contributed by atoms with Gasteiger partial charge >= 0.3 is 0 Å². The zero-order valence-electron chi connectivity index (χ0n) is 23.3. The highest BCUT2D eigenvalue weighted by Crippen LogP contribution is 2.38. The normalized spacial score (nSPS) is 15.0. The van der Waals surface area contributed by atoms with E-state index in [-0.39, 0.29) is 30.2 Å². The molecule has 1 aliphatic rings. The fraction of sp³-hybridized carbons (Fsp3) is 0.621. The Labute approximate surface area is 221 Å². The molecule has 204 valence electrons. The molecular weight excluding hydrogens is 468 g/mol. The average Bonchev–Trinajstić information content (AvgIpc) is 3.29. The molecule has 1 atom stereocenters. The number of methoxy groups -OCH3 is 2. The average molecular weight is 513 g/mol. The Morgan fingerprint density at radius 2 is 1.70 bits per heavy atom. The zero-order valence-corrected chi connectivity index (χ0v) is 23.3. The molecule has 0 aliphatic heterocycles. The highest BCUT2D eigenvalue weighted by Gasteiger charge is 2.25. The number of ether oxygens (including phenoxy) is 2. The molecule has 0 radical (unpaired) electrons. The lowest BCUT2D eigenvalue weighted by Crippen LogP contribution is -2.43. The molecule has 1 aromatic carbocycles. The smallest absolute Gasteiger partial charge is 0.272 e. The molecule has 0 spiro atoms. The van der Waals surface area contributed by atoms with E-state index in [1.54, 1.807) is 20.3 Å². The van der Waals surface area contributed by atoms with Gasteiger partial charge in [-0.2, -0.15) is 5.10 Å². The van der Waals surface area contributed by atoms with Gasteiger partial charge in [0.1, 0.15) is 11.5 Å². The van der Waals surface area contributed by atoms with Crippen molar-refractivity contribution in [1.82, 2.24) is 20.4 Å². The summed E-state index contributed by atoms with van der Waals surface area (Å²) in [5, 5.41) is 10.8. The van der Waals surface area contributed by atoms with Gasteiger partial charge in [0.2, 0.25) is 5.91 Å². The predicted octanol–water partition coefficient (Wildman–Crippen LogP) is 5.06. The molecule has 0 saturated heterocycles. The minimum absolute atomic E-state index is 0.0191. The van der Waals surface area contributed by atoms with Crippen LogP contribution in [0.5, 0.6) is 11.5 Å². The van der Waals surface area contributed by atoms with Crippen molar-refractivity contribution in [3.05, 3.63) is 30.0 Å². The van der Waals surface area contributed by atoms with Crippen LogP contribution in [0.3, 0.4) is 0 Å². The van der Waals surface area contributed by atoms with Gasteiger partial charge in [-0.15, -0.1) is 0 Å². The van der Waals surface area contributed by atoms with Gasteiger partial charge in [0.05, 0.1) is 25.5 Å². The third-order valence-corrected chi connectivity index (χ3v) is 7.07. The number of carbonyl (C=O) groups excluding carboxylic acids is 2. The molecule has 1 saturated carbocycles. The lowest BCUT2D eigenvalue weighted by molar-refractivity contribution is -0.122. The van der Waals surface area contributed by atoms with Gasteiger partial charge in [-0.1, -0.05) is 53.0 Å². The molecular formula is C29H44N4O4. The molecule has 1 unspecified atom stereocenters. The number of rotatable bonds is 12. The number of hydrogen-bond donors (Lipinski definition) is 2. The molecule has 2 aromatic rings. The molecule has 8 nitrogen and oxygen atoms in total. The van der Waals surface area contributed by atoms with Crippen molar-refractivity contribution in [3.8, 4) is 22.8 Å². The minimum atomic E-state index is -0.295. The third-order valence-electron chi connectivity index (χ3n) is 7.07. The van der Waals surface area contributed by atoms with Crippen molar-refractivity contribution in [2.45, 2.75) is 78.8 Å². The lowest BCUT2D eigenvalue weighted by atomic mass is 9.89. The molecule has 8 heteroatoms. The Morgan fingerprint density at radius 3 is 2.27 bits per heavy atom. The first-order chi connectivity index (χ1) is 17.7. The van der Waals surface area contributed by atoms with E-state index in [0.29, 0.717) is 35.6 Å². The van der Waals surface area contributed by atoms with E-state index in [1.807, 2.05) is 36.7 Å². The van der Waals surface area contributed by atoms with Crippen LogP contribution in [-0.2, 0) is 11.3 Å². The fourth-order valence-corrected chi connectivity index (χ4v) is 4.93. The molecule has 0 bridgehead atoms. The maximum absolute atomic E-state index is 13.4. The first-order valence-corrected chi connectivity index (χ1v) is 13.6. The highest BCUT2D eigenvalue weighted by atomic mass is 16.5. The standard InChI is InChI=1S/C29H44N4O4/c1-19(2)18-33-24(28-25(36-5)13-10-14-26(28)37-6)15-23(32-33)29(35)31-22(20(3)4)16-27(34)30-17-21-11-8-7-9-12-21/h10,13-15,19-22H,7-9,11-12,16-18H2,1-6H3,(H,30,34)(H,31,35). The molecule has 1 aliphatic carbocycles. The number of nitrogens with zero attached hydrogens (tertiary/aromatic N) is 2. The number of benzene rings is 1. The summed E-state index contributed by atoms with van der Waals surface area (Å²) in [5.41, 5.74) is 1.80. The first-order valence-electron chi connectivity index (χ1n) is 13.6. The Morgan fingerprint density at radius 1 is 1.05 bits per heavy atom. The van der Waals surface area contributed by atoms with Crippen molar-refractivity contribution in [3.63, 3.8) is 0 Å². The van der Waals surface area contributed by atoms with Crippen molar-refractivity contribution < 1.29 is 19.1 Å². The van der Waals surface area contributed by atoms with Crippen LogP contribution in [0, 0.1) is 17.8 Å².